The van der Waals surface area contributed by atoms with Crippen molar-refractivity contribution < 1.29 is 4.42 Å². The summed E-state index contributed by atoms with van der Waals surface area (Å²) in [5.74, 6) is 1.50. The average molecular weight is 256 g/mol. The number of hydrogen-bond acceptors (Lipinski definition) is 3. The first-order chi connectivity index (χ1) is 9.17. The van der Waals surface area contributed by atoms with E-state index >= 15 is 0 Å². The number of fused-ring (bicyclic) bond motifs is 1. The Morgan fingerprint density at radius 1 is 1.26 bits per heavy atom. The minimum atomic E-state index is 0.547. The molecule has 4 rings (SSSR count). The summed E-state index contributed by atoms with van der Waals surface area (Å²) in [7, 11) is 2.07. The summed E-state index contributed by atoms with van der Waals surface area (Å²) in [6.07, 6.45) is 5.19. The van der Waals surface area contributed by atoms with E-state index in [0.717, 1.165) is 23.0 Å². The predicted molar refractivity (Wildman–Crippen MR) is 75.2 cm³/mol. The lowest BCUT2D eigenvalue weighted by Gasteiger charge is -2.57. The van der Waals surface area contributed by atoms with Crippen LogP contribution in [-0.4, -0.2) is 18.1 Å². The Morgan fingerprint density at radius 3 is 2.79 bits per heavy atom. The molecule has 0 atom stereocenters. The number of nitrogens with one attached hydrogen (secondary N) is 1. The molecule has 2 saturated carbocycles. The van der Waals surface area contributed by atoms with E-state index in [0.29, 0.717) is 11.3 Å². The summed E-state index contributed by atoms with van der Waals surface area (Å²) in [4.78, 5) is 4.68. The van der Waals surface area contributed by atoms with E-state index in [1.165, 1.54) is 31.2 Å². The maximum absolute atomic E-state index is 5.92. The third kappa shape index (κ3) is 1.71. The van der Waals surface area contributed by atoms with E-state index in [4.69, 9.17) is 4.42 Å². The summed E-state index contributed by atoms with van der Waals surface area (Å²) < 4.78 is 5.92. The highest BCUT2D eigenvalue weighted by atomic mass is 16.3. The molecule has 2 aliphatic carbocycles. The van der Waals surface area contributed by atoms with E-state index in [1.807, 2.05) is 6.07 Å². The third-order valence-corrected chi connectivity index (χ3v) is 5.03. The molecule has 0 aliphatic heterocycles. The summed E-state index contributed by atoms with van der Waals surface area (Å²) in [6.45, 7) is 2.10. The quantitative estimate of drug-likeness (QED) is 0.895. The van der Waals surface area contributed by atoms with E-state index in [2.05, 4.69) is 36.4 Å². The Kier molecular flexibility index (Phi) is 2.31. The maximum atomic E-state index is 5.92. The van der Waals surface area contributed by atoms with Crippen molar-refractivity contribution >= 4 is 11.1 Å². The van der Waals surface area contributed by atoms with Gasteiger partial charge in [-0.3, -0.25) is 0 Å². The molecule has 1 aromatic heterocycles. The van der Waals surface area contributed by atoms with Crippen molar-refractivity contribution in [3.05, 3.63) is 29.7 Å². The summed E-state index contributed by atoms with van der Waals surface area (Å²) in [5.41, 5.74) is 3.80. The number of aryl methyl sites for hydroxylation is 1. The molecule has 0 saturated heterocycles. The largest absolute Gasteiger partial charge is 0.440 e. The van der Waals surface area contributed by atoms with Crippen molar-refractivity contribution in [1.82, 2.24) is 10.3 Å². The Hall–Kier alpha value is -1.35. The van der Waals surface area contributed by atoms with Gasteiger partial charge in [0.1, 0.15) is 5.52 Å². The van der Waals surface area contributed by atoms with E-state index in [-0.39, 0.29) is 0 Å². The fraction of sp³-hybridized carbons (Fsp3) is 0.562. The predicted octanol–water partition coefficient (Wildman–Crippen LogP) is 3.38. The van der Waals surface area contributed by atoms with Crippen molar-refractivity contribution in [2.75, 3.05) is 7.05 Å². The Bertz CT molecular complexity index is 617. The van der Waals surface area contributed by atoms with Gasteiger partial charge in [-0.25, -0.2) is 4.98 Å². The number of hydrogen-bond donors (Lipinski definition) is 1. The lowest BCUT2D eigenvalue weighted by molar-refractivity contribution is -0.0251. The molecule has 2 aliphatic rings. The molecule has 100 valence electrons. The van der Waals surface area contributed by atoms with Gasteiger partial charge in [-0.15, -0.1) is 0 Å². The normalized spacial score (nSPS) is 33.4. The smallest absolute Gasteiger partial charge is 0.198 e. The van der Waals surface area contributed by atoms with Crippen LogP contribution in [-0.2, 0) is 0 Å². The van der Waals surface area contributed by atoms with Gasteiger partial charge in [0.2, 0.25) is 0 Å². The van der Waals surface area contributed by atoms with Crippen LogP contribution >= 0.6 is 0 Å². The zero-order chi connectivity index (χ0) is 13.0. The number of nitrogens with zero attached hydrogens (tertiary/aromatic N) is 1. The van der Waals surface area contributed by atoms with Gasteiger partial charge in [0, 0.05) is 12.0 Å². The van der Waals surface area contributed by atoms with Crippen LogP contribution in [0.15, 0.2) is 22.6 Å². The Balaban J connectivity index is 1.51. The van der Waals surface area contributed by atoms with Gasteiger partial charge in [0.15, 0.2) is 11.5 Å². The van der Waals surface area contributed by atoms with Crippen LogP contribution < -0.4 is 5.32 Å². The fourth-order valence-corrected chi connectivity index (χ4v) is 3.91. The van der Waals surface area contributed by atoms with Crippen LogP contribution in [0.5, 0.6) is 0 Å². The molecule has 1 heterocycles. The first-order valence-corrected chi connectivity index (χ1v) is 7.22. The minimum Gasteiger partial charge on any atom is -0.440 e. The Morgan fingerprint density at radius 2 is 2.05 bits per heavy atom. The van der Waals surface area contributed by atoms with E-state index < -0.39 is 0 Å². The highest BCUT2D eigenvalue weighted by Gasteiger charge is 2.53. The zero-order valence-corrected chi connectivity index (χ0v) is 11.6. The lowest BCUT2D eigenvalue weighted by atomic mass is 9.50. The van der Waals surface area contributed by atoms with Crippen LogP contribution in [0.2, 0.25) is 0 Å². The molecule has 0 radical (unpaired) electrons. The standard InChI is InChI=1S/C16H20N2O/c1-10-3-4-14-13(5-10)18-15(19-14)11-6-16(7-11)8-12(9-16)17-2/h3-5,11-12,17H,6-9H2,1-2H3. The molecular formula is C16H20N2O. The van der Waals surface area contributed by atoms with Crippen molar-refractivity contribution in [2.24, 2.45) is 5.41 Å². The SMILES string of the molecule is CNC1CC2(C1)CC(c1nc3cc(C)ccc3o1)C2. The summed E-state index contributed by atoms with van der Waals surface area (Å²) >= 11 is 0. The number of rotatable bonds is 2. The molecule has 3 nitrogen and oxygen atoms in total. The second-order valence-electron chi connectivity index (χ2n) is 6.52. The topological polar surface area (TPSA) is 38.1 Å². The van der Waals surface area contributed by atoms with Gasteiger partial charge in [0.25, 0.3) is 0 Å². The second-order valence-corrected chi connectivity index (χ2v) is 6.52. The monoisotopic (exact) mass is 256 g/mol. The van der Waals surface area contributed by atoms with Crippen molar-refractivity contribution in [3.63, 3.8) is 0 Å². The zero-order valence-electron chi connectivity index (χ0n) is 11.6. The van der Waals surface area contributed by atoms with Crippen molar-refractivity contribution in [3.8, 4) is 0 Å². The van der Waals surface area contributed by atoms with Gasteiger partial charge in [-0.2, -0.15) is 0 Å². The molecule has 19 heavy (non-hydrogen) atoms. The molecule has 1 spiro atoms. The van der Waals surface area contributed by atoms with Gasteiger partial charge in [-0.05, 0) is 62.8 Å². The third-order valence-electron chi connectivity index (χ3n) is 5.03. The molecule has 0 bridgehead atoms. The minimum absolute atomic E-state index is 0.547. The highest BCUT2D eigenvalue weighted by Crippen LogP contribution is 2.61. The molecule has 3 heteroatoms. The van der Waals surface area contributed by atoms with Crippen LogP contribution in [0.3, 0.4) is 0 Å². The van der Waals surface area contributed by atoms with Crippen molar-refractivity contribution in [2.45, 2.75) is 44.6 Å². The summed E-state index contributed by atoms with van der Waals surface area (Å²) in [6, 6.07) is 6.98. The van der Waals surface area contributed by atoms with E-state index in [1.54, 1.807) is 0 Å². The fourth-order valence-electron chi connectivity index (χ4n) is 3.91. The first kappa shape index (κ1) is 11.5. The molecule has 1 aromatic carbocycles. The molecular weight excluding hydrogens is 236 g/mol. The maximum Gasteiger partial charge on any atom is 0.198 e. The average Bonchev–Trinajstić information content (AvgIpc) is 2.68. The van der Waals surface area contributed by atoms with Crippen molar-refractivity contribution in [1.29, 1.82) is 0 Å². The van der Waals surface area contributed by atoms with Crippen LogP contribution in [0.4, 0.5) is 0 Å². The number of benzene rings is 1. The first-order valence-electron chi connectivity index (χ1n) is 7.22. The summed E-state index contributed by atoms with van der Waals surface area (Å²) in [5, 5.41) is 3.37. The van der Waals surface area contributed by atoms with Gasteiger partial charge in [-0.1, -0.05) is 6.07 Å². The molecule has 1 N–H and O–H groups in total. The van der Waals surface area contributed by atoms with Gasteiger partial charge < -0.3 is 9.73 Å². The van der Waals surface area contributed by atoms with Gasteiger partial charge in [0.05, 0.1) is 0 Å². The number of aromatic nitrogens is 1. The lowest BCUT2D eigenvalue weighted by Crippen LogP contribution is -2.53. The molecule has 0 amide bonds. The van der Waals surface area contributed by atoms with Crippen LogP contribution in [0.25, 0.3) is 11.1 Å². The molecule has 0 unspecified atom stereocenters. The highest BCUT2D eigenvalue weighted by molar-refractivity contribution is 5.73. The Labute approximate surface area is 113 Å². The molecule has 2 aromatic rings. The molecule has 2 fully saturated rings. The number of oxazole rings is 1. The van der Waals surface area contributed by atoms with E-state index in [9.17, 15) is 0 Å². The van der Waals surface area contributed by atoms with Crippen LogP contribution in [0.1, 0.15) is 43.1 Å². The van der Waals surface area contributed by atoms with Crippen LogP contribution in [0, 0.1) is 12.3 Å². The second kappa shape index (κ2) is 3.83. The van der Waals surface area contributed by atoms with Gasteiger partial charge >= 0.3 is 0 Å².